The average Bonchev–Trinajstić information content (AvgIpc) is 3.14. The fourth-order valence-electron chi connectivity index (χ4n) is 2.24. The van der Waals surface area contributed by atoms with Gasteiger partial charge in [0.1, 0.15) is 5.75 Å². The summed E-state index contributed by atoms with van der Waals surface area (Å²) in [6.45, 7) is 7.26. The molecule has 0 amide bonds. The number of rotatable bonds is 6. The second-order valence-electron chi connectivity index (χ2n) is 5.02. The zero-order valence-corrected chi connectivity index (χ0v) is 11.1. The van der Waals surface area contributed by atoms with E-state index in [-0.39, 0.29) is 0 Å². The van der Waals surface area contributed by atoms with Crippen LogP contribution in [-0.4, -0.2) is 12.6 Å². The summed E-state index contributed by atoms with van der Waals surface area (Å²) in [6.07, 6.45) is 2.79. The highest BCUT2D eigenvalue weighted by molar-refractivity contribution is 5.29. The Morgan fingerprint density at radius 1 is 1.24 bits per heavy atom. The molecule has 0 spiro atoms. The van der Waals surface area contributed by atoms with Crippen LogP contribution in [0.4, 0.5) is 0 Å². The van der Waals surface area contributed by atoms with E-state index >= 15 is 0 Å². The summed E-state index contributed by atoms with van der Waals surface area (Å²) in [7, 11) is 0. The normalized spacial score (nSPS) is 18.8. The maximum absolute atomic E-state index is 5.45. The van der Waals surface area contributed by atoms with E-state index in [1.807, 2.05) is 6.92 Å². The molecule has 0 radical (unpaired) electrons. The Kier molecular flexibility index (Phi) is 4.06. The minimum Gasteiger partial charge on any atom is -0.494 e. The van der Waals surface area contributed by atoms with E-state index in [0.717, 1.165) is 18.3 Å². The van der Waals surface area contributed by atoms with Gasteiger partial charge in [0.25, 0.3) is 0 Å². The van der Waals surface area contributed by atoms with Gasteiger partial charge in [0.2, 0.25) is 0 Å². The van der Waals surface area contributed by atoms with Gasteiger partial charge in [-0.1, -0.05) is 12.1 Å². The predicted octanol–water partition coefficient (Wildman–Crippen LogP) is 3.53. The Hall–Kier alpha value is -1.02. The van der Waals surface area contributed by atoms with Crippen LogP contribution in [0.15, 0.2) is 24.3 Å². The van der Waals surface area contributed by atoms with Gasteiger partial charge in [-0.3, -0.25) is 0 Å². The molecule has 1 aliphatic rings. The third-order valence-electron chi connectivity index (χ3n) is 3.53. The molecule has 0 heterocycles. The molecule has 2 rings (SSSR count). The summed E-state index contributed by atoms with van der Waals surface area (Å²) in [5.41, 5.74) is 1.33. The van der Waals surface area contributed by atoms with E-state index in [1.165, 1.54) is 18.4 Å². The molecule has 0 aromatic heterocycles. The molecule has 1 saturated carbocycles. The Bertz CT molecular complexity index is 342. The van der Waals surface area contributed by atoms with Crippen molar-refractivity contribution in [3.63, 3.8) is 0 Å². The number of hydrogen-bond donors (Lipinski definition) is 1. The molecule has 1 N–H and O–H groups in total. The lowest BCUT2D eigenvalue weighted by Gasteiger charge is -2.20. The molecule has 2 nitrogen and oxygen atoms in total. The Morgan fingerprint density at radius 2 is 1.88 bits per heavy atom. The van der Waals surface area contributed by atoms with Crippen molar-refractivity contribution in [3.05, 3.63) is 29.8 Å². The number of hydrogen-bond acceptors (Lipinski definition) is 2. The highest BCUT2D eigenvalue weighted by Crippen LogP contribution is 2.33. The number of ether oxygens (including phenoxy) is 1. The van der Waals surface area contributed by atoms with Gasteiger partial charge in [-0.2, -0.15) is 0 Å². The summed E-state index contributed by atoms with van der Waals surface area (Å²) in [6, 6.07) is 9.47. The molecule has 1 fully saturated rings. The fraction of sp³-hybridized carbons (Fsp3) is 0.600. The van der Waals surface area contributed by atoms with E-state index in [0.29, 0.717) is 12.1 Å². The number of nitrogens with one attached hydrogen (secondary N) is 1. The molecule has 0 aliphatic heterocycles. The summed E-state index contributed by atoms with van der Waals surface area (Å²) >= 11 is 0. The maximum atomic E-state index is 5.45. The molecule has 0 bridgehead atoms. The third kappa shape index (κ3) is 3.47. The third-order valence-corrected chi connectivity index (χ3v) is 3.53. The standard InChI is InChI=1S/C15H23NO/c1-4-17-15-9-7-14(8-10-15)12(3)16-11(2)13-5-6-13/h7-13,16H,4-6H2,1-3H3. The van der Waals surface area contributed by atoms with Crippen molar-refractivity contribution in [2.45, 2.75) is 45.7 Å². The van der Waals surface area contributed by atoms with Crippen LogP contribution in [0.1, 0.15) is 45.2 Å². The van der Waals surface area contributed by atoms with E-state index in [2.05, 4.69) is 43.4 Å². The average molecular weight is 233 g/mol. The van der Waals surface area contributed by atoms with Crippen LogP contribution in [0.2, 0.25) is 0 Å². The van der Waals surface area contributed by atoms with Crippen molar-refractivity contribution in [3.8, 4) is 5.75 Å². The molecule has 94 valence electrons. The largest absolute Gasteiger partial charge is 0.494 e. The molecule has 2 heteroatoms. The molecule has 1 aromatic carbocycles. The first-order valence-corrected chi connectivity index (χ1v) is 6.69. The van der Waals surface area contributed by atoms with Crippen molar-refractivity contribution in [1.29, 1.82) is 0 Å². The lowest BCUT2D eigenvalue weighted by molar-refractivity contribution is 0.340. The van der Waals surface area contributed by atoms with Crippen molar-refractivity contribution in [1.82, 2.24) is 5.32 Å². The monoisotopic (exact) mass is 233 g/mol. The van der Waals surface area contributed by atoms with Crippen LogP contribution >= 0.6 is 0 Å². The Labute approximate surface area is 104 Å². The molecule has 2 atom stereocenters. The lowest BCUT2D eigenvalue weighted by Crippen LogP contribution is -2.30. The van der Waals surface area contributed by atoms with Crippen molar-refractivity contribution in [2.24, 2.45) is 5.92 Å². The first-order valence-electron chi connectivity index (χ1n) is 6.69. The van der Waals surface area contributed by atoms with Gasteiger partial charge in [-0.15, -0.1) is 0 Å². The van der Waals surface area contributed by atoms with Gasteiger partial charge in [0.05, 0.1) is 6.61 Å². The quantitative estimate of drug-likeness (QED) is 0.811. The van der Waals surface area contributed by atoms with Gasteiger partial charge in [0, 0.05) is 12.1 Å². The van der Waals surface area contributed by atoms with Crippen molar-refractivity contribution in [2.75, 3.05) is 6.61 Å². The van der Waals surface area contributed by atoms with Crippen LogP contribution in [0.3, 0.4) is 0 Å². The highest BCUT2D eigenvalue weighted by atomic mass is 16.5. The second kappa shape index (κ2) is 5.54. The van der Waals surface area contributed by atoms with E-state index in [1.54, 1.807) is 0 Å². The summed E-state index contributed by atoms with van der Waals surface area (Å²) < 4.78 is 5.45. The van der Waals surface area contributed by atoms with Crippen molar-refractivity contribution < 1.29 is 4.74 Å². The zero-order valence-electron chi connectivity index (χ0n) is 11.1. The van der Waals surface area contributed by atoms with Crippen LogP contribution in [0, 0.1) is 5.92 Å². The lowest BCUT2D eigenvalue weighted by atomic mass is 10.1. The summed E-state index contributed by atoms with van der Waals surface area (Å²) in [4.78, 5) is 0. The Balaban J connectivity index is 1.91. The second-order valence-corrected chi connectivity index (χ2v) is 5.02. The van der Waals surface area contributed by atoms with Crippen molar-refractivity contribution >= 4 is 0 Å². The minimum absolute atomic E-state index is 0.418. The topological polar surface area (TPSA) is 21.3 Å². The number of benzene rings is 1. The summed E-state index contributed by atoms with van der Waals surface area (Å²) in [5.74, 6) is 1.86. The maximum Gasteiger partial charge on any atom is 0.119 e. The molecule has 0 saturated heterocycles. The summed E-state index contributed by atoms with van der Waals surface area (Å²) in [5, 5.41) is 3.67. The van der Waals surface area contributed by atoms with E-state index in [4.69, 9.17) is 4.74 Å². The highest BCUT2D eigenvalue weighted by Gasteiger charge is 2.28. The van der Waals surface area contributed by atoms with Gasteiger partial charge in [-0.25, -0.2) is 0 Å². The SMILES string of the molecule is CCOc1ccc(C(C)NC(C)C2CC2)cc1. The van der Waals surface area contributed by atoms with Gasteiger partial charge in [-0.05, 0) is 57.2 Å². The van der Waals surface area contributed by atoms with Gasteiger partial charge < -0.3 is 10.1 Å². The molecular weight excluding hydrogens is 210 g/mol. The van der Waals surface area contributed by atoms with Crippen LogP contribution < -0.4 is 10.1 Å². The van der Waals surface area contributed by atoms with Gasteiger partial charge in [0.15, 0.2) is 0 Å². The first-order chi connectivity index (χ1) is 8.20. The smallest absolute Gasteiger partial charge is 0.119 e. The van der Waals surface area contributed by atoms with Crippen LogP contribution in [0.5, 0.6) is 5.75 Å². The van der Waals surface area contributed by atoms with Crippen LogP contribution in [0.25, 0.3) is 0 Å². The fourth-order valence-corrected chi connectivity index (χ4v) is 2.24. The van der Waals surface area contributed by atoms with E-state index in [9.17, 15) is 0 Å². The van der Waals surface area contributed by atoms with Crippen LogP contribution in [-0.2, 0) is 0 Å². The minimum atomic E-state index is 0.418. The molecule has 17 heavy (non-hydrogen) atoms. The Morgan fingerprint density at radius 3 is 2.41 bits per heavy atom. The molecule has 2 unspecified atom stereocenters. The molecule has 1 aromatic rings. The molecule has 1 aliphatic carbocycles. The zero-order chi connectivity index (χ0) is 12.3. The predicted molar refractivity (Wildman–Crippen MR) is 71.3 cm³/mol. The van der Waals surface area contributed by atoms with E-state index < -0.39 is 0 Å². The van der Waals surface area contributed by atoms with Gasteiger partial charge >= 0.3 is 0 Å². The first kappa shape index (κ1) is 12.4. The molecular formula is C15H23NO.